The lowest BCUT2D eigenvalue weighted by Gasteiger charge is -2.36. The molecule has 1 amide bonds. The average Bonchev–Trinajstić information content (AvgIpc) is 3.16. The van der Waals surface area contributed by atoms with E-state index >= 15 is 0 Å². The lowest BCUT2D eigenvalue weighted by atomic mass is 9.97. The molecular formula is C19H20N4O3. The van der Waals surface area contributed by atoms with Gasteiger partial charge in [0.15, 0.2) is 0 Å². The van der Waals surface area contributed by atoms with E-state index in [1.54, 1.807) is 37.7 Å². The molecule has 1 N–H and O–H groups in total. The minimum Gasteiger partial charge on any atom is -0.496 e. The Morgan fingerprint density at radius 1 is 1.31 bits per heavy atom. The number of fused-ring (bicyclic) bond motifs is 1. The van der Waals surface area contributed by atoms with E-state index in [0.717, 1.165) is 25.0 Å². The third-order valence-corrected chi connectivity index (χ3v) is 4.87. The van der Waals surface area contributed by atoms with Gasteiger partial charge in [-0.1, -0.05) is 12.1 Å². The Morgan fingerprint density at radius 3 is 3.00 bits per heavy atom. The van der Waals surface area contributed by atoms with Gasteiger partial charge in [-0.2, -0.15) is 0 Å². The third kappa shape index (κ3) is 2.75. The monoisotopic (exact) mass is 352 g/mol. The fourth-order valence-electron chi connectivity index (χ4n) is 3.60. The summed E-state index contributed by atoms with van der Waals surface area (Å²) in [5, 5.41) is 0. The number of hydrogen-bond acceptors (Lipinski definition) is 4. The summed E-state index contributed by atoms with van der Waals surface area (Å²) >= 11 is 0. The van der Waals surface area contributed by atoms with Crippen LogP contribution in [0.1, 0.15) is 41.4 Å². The lowest BCUT2D eigenvalue weighted by molar-refractivity contribution is 0.0602. The van der Waals surface area contributed by atoms with Gasteiger partial charge in [0.05, 0.1) is 18.7 Å². The molecule has 0 radical (unpaired) electrons. The van der Waals surface area contributed by atoms with E-state index in [1.807, 2.05) is 17.0 Å². The molecule has 0 bridgehead atoms. The van der Waals surface area contributed by atoms with E-state index in [0.29, 0.717) is 23.6 Å². The summed E-state index contributed by atoms with van der Waals surface area (Å²) in [4.78, 5) is 34.7. The summed E-state index contributed by atoms with van der Waals surface area (Å²) in [5.41, 5.74) is 1.10. The molecule has 0 saturated carbocycles. The number of piperidine rings is 1. The fraction of sp³-hybridized carbons (Fsp3) is 0.316. The van der Waals surface area contributed by atoms with Crippen LogP contribution in [0.15, 0.2) is 47.5 Å². The molecule has 1 saturated heterocycles. The molecule has 7 nitrogen and oxygen atoms in total. The van der Waals surface area contributed by atoms with E-state index < -0.39 is 0 Å². The first-order valence-electron chi connectivity index (χ1n) is 8.69. The van der Waals surface area contributed by atoms with Gasteiger partial charge >= 0.3 is 0 Å². The van der Waals surface area contributed by atoms with Gasteiger partial charge < -0.3 is 14.6 Å². The molecular weight excluding hydrogens is 332 g/mol. The Kier molecular flexibility index (Phi) is 4.20. The van der Waals surface area contributed by atoms with Gasteiger partial charge in [0.2, 0.25) is 5.78 Å². The molecule has 26 heavy (non-hydrogen) atoms. The second-order valence-electron chi connectivity index (χ2n) is 6.39. The molecule has 0 aliphatic carbocycles. The number of carbonyl (C=O) groups is 1. The number of ether oxygens (including phenoxy) is 1. The van der Waals surface area contributed by atoms with Crippen LogP contribution >= 0.6 is 0 Å². The molecule has 0 spiro atoms. The molecule has 1 fully saturated rings. The van der Waals surface area contributed by atoms with E-state index in [9.17, 15) is 9.59 Å². The summed E-state index contributed by atoms with van der Waals surface area (Å²) in [5.74, 6) is 0.956. The number of methoxy groups -OCH3 is 1. The first kappa shape index (κ1) is 16.4. The number of amides is 1. The van der Waals surface area contributed by atoms with Crippen molar-refractivity contribution in [3.63, 3.8) is 0 Å². The molecule has 2 aromatic heterocycles. The SMILES string of the molecule is COc1ccccc1C(=O)N1CCCC[C@H]1c1cc(=O)n2ccnc2[nH]1. The summed E-state index contributed by atoms with van der Waals surface area (Å²) in [7, 11) is 1.56. The molecule has 1 aliphatic rings. The maximum Gasteiger partial charge on any atom is 0.259 e. The van der Waals surface area contributed by atoms with Crippen molar-refractivity contribution in [3.05, 3.63) is 64.3 Å². The summed E-state index contributed by atoms with van der Waals surface area (Å²) in [6.07, 6.45) is 5.94. The van der Waals surface area contributed by atoms with Crippen LogP contribution in [0.25, 0.3) is 5.78 Å². The third-order valence-electron chi connectivity index (χ3n) is 4.87. The maximum absolute atomic E-state index is 13.2. The van der Waals surface area contributed by atoms with Gasteiger partial charge in [-0.05, 0) is 31.4 Å². The molecule has 1 atom stereocenters. The van der Waals surface area contributed by atoms with Crippen LogP contribution < -0.4 is 10.3 Å². The smallest absolute Gasteiger partial charge is 0.259 e. The Morgan fingerprint density at radius 2 is 2.15 bits per heavy atom. The summed E-state index contributed by atoms with van der Waals surface area (Å²) in [6, 6.07) is 8.60. The zero-order chi connectivity index (χ0) is 18.1. The standard InChI is InChI=1S/C19H20N4O3/c1-26-16-8-3-2-6-13(16)18(25)22-10-5-4-7-15(22)14-12-17(24)23-11-9-20-19(23)21-14/h2-3,6,8-9,11-12,15H,4-5,7,10H2,1H3,(H,20,21)/t15-/m0/s1. The summed E-state index contributed by atoms with van der Waals surface area (Å²) in [6.45, 7) is 0.642. The number of nitrogens with one attached hydrogen (secondary N) is 1. The van der Waals surface area contributed by atoms with Gasteiger partial charge in [-0.15, -0.1) is 0 Å². The van der Waals surface area contributed by atoms with E-state index in [2.05, 4.69) is 9.97 Å². The zero-order valence-corrected chi connectivity index (χ0v) is 14.5. The topological polar surface area (TPSA) is 79.7 Å². The van der Waals surface area contributed by atoms with Gasteiger partial charge in [0.1, 0.15) is 5.75 Å². The first-order chi connectivity index (χ1) is 12.7. The highest BCUT2D eigenvalue weighted by atomic mass is 16.5. The number of benzene rings is 1. The first-order valence-corrected chi connectivity index (χ1v) is 8.69. The number of H-pyrrole nitrogens is 1. The van der Waals surface area contributed by atoms with Crippen molar-refractivity contribution in [1.29, 1.82) is 0 Å². The Labute approximate surface area is 150 Å². The van der Waals surface area contributed by atoms with E-state index in [4.69, 9.17) is 4.74 Å². The number of para-hydroxylation sites is 1. The van der Waals surface area contributed by atoms with Gasteiger partial charge in [-0.25, -0.2) is 4.98 Å². The van der Waals surface area contributed by atoms with Crippen molar-refractivity contribution < 1.29 is 9.53 Å². The molecule has 1 aromatic carbocycles. The highest BCUT2D eigenvalue weighted by molar-refractivity contribution is 5.97. The van der Waals surface area contributed by atoms with Crippen LogP contribution in [0, 0.1) is 0 Å². The van der Waals surface area contributed by atoms with Crippen molar-refractivity contribution in [1.82, 2.24) is 19.3 Å². The molecule has 134 valence electrons. The number of hydrogen-bond donors (Lipinski definition) is 1. The van der Waals surface area contributed by atoms with Crippen molar-refractivity contribution in [2.75, 3.05) is 13.7 Å². The van der Waals surface area contributed by atoms with Crippen LogP contribution in [0.3, 0.4) is 0 Å². The average molecular weight is 352 g/mol. The molecule has 0 unspecified atom stereocenters. The number of imidazole rings is 1. The maximum atomic E-state index is 13.2. The van der Waals surface area contributed by atoms with Crippen LogP contribution in [-0.4, -0.2) is 38.8 Å². The fourth-order valence-corrected chi connectivity index (χ4v) is 3.60. The van der Waals surface area contributed by atoms with Crippen molar-refractivity contribution >= 4 is 11.7 Å². The Balaban J connectivity index is 1.74. The predicted molar refractivity (Wildman–Crippen MR) is 96.4 cm³/mol. The predicted octanol–water partition coefficient (Wildman–Crippen LogP) is 2.40. The number of nitrogens with zero attached hydrogens (tertiary/aromatic N) is 3. The van der Waals surface area contributed by atoms with Crippen molar-refractivity contribution in [2.24, 2.45) is 0 Å². The Bertz CT molecular complexity index is 1010. The second-order valence-corrected chi connectivity index (χ2v) is 6.39. The second kappa shape index (κ2) is 6.67. The van der Waals surface area contributed by atoms with Crippen molar-refractivity contribution in [2.45, 2.75) is 25.3 Å². The molecule has 3 aromatic rings. The summed E-state index contributed by atoms with van der Waals surface area (Å²) < 4.78 is 6.80. The van der Waals surface area contributed by atoms with Gasteiger partial charge in [0, 0.05) is 30.7 Å². The van der Waals surface area contributed by atoms with Gasteiger partial charge in [-0.3, -0.25) is 14.0 Å². The highest BCUT2D eigenvalue weighted by Crippen LogP contribution is 2.32. The van der Waals surface area contributed by atoms with Crippen LogP contribution in [0.4, 0.5) is 0 Å². The van der Waals surface area contributed by atoms with Crippen molar-refractivity contribution in [3.8, 4) is 5.75 Å². The molecule has 7 heteroatoms. The highest BCUT2D eigenvalue weighted by Gasteiger charge is 2.31. The number of aromatic amines is 1. The minimum atomic E-state index is -0.185. The molecule has 3 heterocycles. The largest absolute Gasteiger partial charge is 0.496 e. The Hall–Kier alpha value is -3.09. The van der Waals surface area contributed by atoms with Crippen LogP contribution in [-0.2, 0) is 0 Å². The molecule has 4 rings (SSSR count). The van der Waals surface area contributed by atoms with E-state index in [-0.39, 0.29) is 17.5 Å². The number of aromatic nitrogens is 3. The number of likely N-dealkylation sites (tertiary alicyclic amines) is 1. The number of rotatable bonds is 3. The zero-order valence-electron chi connectivity index (χ0n) is 14.5. The normalized spacial score (nSPS) is 17.4. The quantitative estimate of drug-likeness (QED) is 0.785. The number of carbonyl (C=O) groups excluding carboxylic acids is 1. The molecule has 1 aliphatic heterocycles. The van der Waals surface area contributed by atoms with E-state index in [1.165, 1.54) is 4.40 Å². The van der Waals surface area contributed by atoms with Crippen LogP contribution in [0.2, 0.25) is 0 Å². The van der Waals surface area contributed by atoms with Gasteiger partial charge in [0.25, 0.3) is 11.5 Å². The van der Waals surface area contributed by atoms with Crippen LogP contribution in [0.5, 0.6) is 5.75 Å². The minimum absolute atomic E-state index is 0.0868. The lowest BCUT2D eigenvalue weighted by Crippen LogP contribution is -2.39.